The van der Waals surface area contributed by atoms with Gasteiger partial charge in [-0.25, -0.2) is 0 Å². The number of allylic oxidation sites excluding steroid dienone is 1. The van der Waals surface area contributed by atoms with E-state index in [9.17, 15) is 0 Å². The summed E-state index contributed by atoms with van der Waals surface area (Å²) < 4.78 is 10.4. The highest BCUT2D eigenvalue weighted by molar-refractivity contribution is 5.29. The van der Waals surface area contributed by atoms with E-state index in [2.05, 4.69) is 0 Å². The molecule has 1 heterocycles. The van der Waals surface area contributed by atoms with Crippen LogP contribution in [0.1, 0.15) is 12.8 Å². The molecule has 0 radical (unpaired) electrons. The van der Waals surface area contributed by atoms with E-state index >= 15 is 0 Å². The molecule has 0 spiro atoms. The van der Waals surface area contributed by atoms with Gasteiger partial charge < -0.3 is 20.3 Å². The van der Waals surface area contributed by atoms with Gasteiger partial charge in [0.25, 0.3) is 0 Å². The summed E-state index contributed by atoms with van der Waals surface area (Å²) in [5.74, 6) is 1.58. The van der Waals surface area contributed by atoms with Gasteiger partial charge in [-0.05, 0) is 12.5 Å². The minimum absolute atomic E-state index is 0.0876. The van der Waals surface area contributed by atoms with Crippen molar-refractivity contribution in [2.45, 2.75) is 18.4 Å². The zero-order valence-electron chi connectivity index (χ0n) is 7.32. The summed E-state index contributed by atoms with van der Waals surface area (Å²) in [4.78, 5) is 0. The van der Waals surface area contributed by atoms with Gasteiger partial charge in [0.1, 0.15) is 5.76 Å². The van der Waals surface area contributed by atoms with Gasteiger partial charge in [0.2, 0.25) is 6.79 Å². The van der Waals surface area contributed by atoms with E-state index in [0.29, 0.717) is 12.8 Å². The molecule has 1 atom stereocenters. The minimum Gasteiger partial charge on any atom is -0.458 e. The van der Waals surface area contributed by atoms with Crippen LogP contribution in [0, 0.1) is 0 Å². The molecule has 0 fully saturated rings. The van der Waals surface area contributed by atoms with Gasteiger partial charge >= 0.3 is 0 Å². The summed E-state index contributed by atoms with van der Waals surface area (Å²) in [5.41, 5.74) is 5.54. The average molecular weight is 183 g/mol. The Kier molecular flexibility index (Phi) is 2.01. The fourth-order valence-corrected chi connectivity index (χ4v) is 1.57. The molecular weight excluding hydrogens is 170 g/mol. The Balaban J connectivity index is 2.12. The Bertz CT molecular complexity index is 272. The Labute approximate surface area is 76.6 Å². The van der Waals surface area contributed by atoms with Crippen molar-refractivity contribution in [3.8, 4) is 0 Å². The highest BCUT2D eigenvalue weighted by Gasteiger charge is 2.31. The predicted molar refractivity (Wildman–Crippen MR) is 46.4 cm³/mol. The van der Waals surface area contributed by atoms with Gasteiger partial charge in [0.05, 0.1) is 0 Å². The van der Waals surface area contributed by atoms with Crippen molar-refractivity contribution in [2.24, 2.45) is 5.73 Å². The van der Waals surface area contributed by atoms with Crippen molar-refractivity contribution in [3.05, 3.63) is 23.7 Å². The third kappa shape index (κ3) is 1.55. The van der Waals surface area contributed by atoms with Crippen molar-refractivity contribution in [3.63, 3.8) is 0 Å². The monoisotopic (exact) mass is 183 g/mol. The third-order valence-electron chi connectivity index (χ3n) is 2.36. The van der Waals surface area contributed by atoms with Crippen LogP contribution >= 0.6 is 0 Å². The number of hydrogen-bond donors (Lipinski definition) is 2. The maximum Gasteiger partial charge on any atom is 0.230 e. The second-order valence-electron chi connectivity index (χ2n) is 3.41. The lowest BCUT2D eigenvalue weighted by molar-refractivity contribution is 0.0708. The third-order valence-corrected chi connectivity index (χ3v) is 2.36. The second kappa shape index (κ2) is 3.05. The molecule has 0 aromatic carbocycles. The van der Waals surface area contributed by atoms with E-state index in [-0.39, 0.29) is 13.4 Å². The lowest BCUT2D eigenvalue weighted by Crippen LogP contribution is -2.40. The molecule has 0 amide bonds. The fourth-order valence-electron chi connectivity index (χ4n) is 1.57. The lowest BCUT2D eigenvalue weighted by Gasteiger charge is -2.27. The molecule has 2 aliphatic rings. The zero-order valence-corrected chi connectivity index (χ0v) is 7.32. The standard InChI is InChI=1S/C9H13NO3/c10-9(3-4-11)2-1-7-8(5-9)13-6-12-7/h1-2,11H,3-6,10H2. The van der Waals surface area contributed by atoms with Crippen LogP contribution < -0.4 is 5.73 Å². The molecular formula is C9H13NO3. The van der Waals surface area contributed by atoms with Crippen LogP contribution in [0.2, 0.25) is 0 Å². The van der Waals surface area contributed by atoms with Crippen LogP contribution in [-0.2, 0) is 9.47 Å². The average Bonchev–Trinajstić information content (AvgIpc) is 2.50. The van der Waals surface area contributed by atoms with E-state index in [1.165, 1.54) is 0 Å². The smallest absolute Gasteiger partial charge is 0.230 e. The number of aliphatic hydroxyl groups excluding tert-OH is 1. The summed E-state index contributed by atoms with van der Waals surface area (Å²) in [7, 11) is 0. The van der Waals surface area contributed by atoms with Crippen molar-refractivity contribution < 1.29 is 14.6 Å². The molecule has 0 bridgehead atoms. The van der Waals surface area contributed by atoms with Crippen molar-refractivity contribution in [2.75, 3.05) is 13.4 Å². The van der Waals surface area contributed by atoms with Crippen LogP contribution in [0.4, 0.5) is 0 Å². The number of rotatable bonds is 2. The SMILES string of the molecule is NC1(CCO)C=CC2=C(C1)OCO2. The topological polar surface area (TPSA) is 64.7 Å². The first kappa shape index (κ1) is 8.59. The van der Waals surface area contributed by atoms with E-state index in [1.807, 2.05) is 12.2 Å². The molecule has 3 N–H and O–H groups in total. The van der Waals surface area contributed by atoms with Gasteiger partial charge in [0, 0.05) is 18.6 Å². The van der Waals surface area contributed by atoms with E-state index in [1.54, 1.807) is 0 Å². The lowest BCUT2D eigenvalue weighted by atomic mass is 9.88. The van der Waals surface area contributed by atoms with Crippen LogP contribution in [-0.4, -0.2) is 24.0 Å². The molecule has 0 saturated carbocycles. The normalized spacial score (nSPS) is 31.2. The first-order valence-corrected chi connectivity index (χ1v) is 4.31. The van der Waals surface area contributed by atoms with Gasteiger partial charge in [0.15, 0.2) is 5.76 Å². The van der Waals surface area contributed by atoms with Crippen molar-refractivity contribution >= 4 is 0 Å². The molecule has 4 heteroatoms. The first-order valence-electron chi connectivity index (χ1n) is 4.31. The molecule has 1 aliphatic heterocycles. The van der Waals surface area contributed by atoms with Crippen LogP contribution in [0.5, 0.6) is 0 Å². The van der Waals surface area contributed by atoms with Gasteiger partial charge in [-0.15, -0.1) is 0 Å². The molecule has 1 unspecified atom stereocenters. The minimum atomic E-state index is -0.471. The van der Waals surface area contributed by atoms with E-state index in [0.717, 1.165) is 11.5 Å². The molecule has 1 aliphatic carbocycles. The van der Waals surface area contributed by atoms with Gasteiger partial charge in [-0.3, -0.25) is 0 Å². The molecule has 0 saturated heterocycles. The number of hydrogen-bond acceptors (Lipinski definition) is 4. The largest absolute Gasteiger partial charge is 0.458 e. The van der Waals surface area contributed by atoms with E-state index in [4.69, 9.17) is 20.3 Å². The quantitative estimate of drug-likeness (QED) is 0.643. The second-order valence-corrected chi connectivity index (χ2v) is 3.41. The number of ether oxygens (including phenoxy) is 2. The van der Waals surface area contributed by atoms with Crippen LogP contribution in [0.25, 0.3) is 0 Å². The highest BCUT2D eigenvalue weighted by atomic mass is 16.7. The van der Waals surface area contributed by atoms with Crippen molar-refractivity contribution in [1.29, 1.82) is 0 Å². The molecule has 0 aromatic rings. The molecule has 4 nitrogen and oxygen atoms in total. The Morgan fingerprint density at radius 1 is 1.54 bits per heavy atom. The molecule has 72 valence electrons. The van der Waals surface area contributed by atoms with E-state index < -0.39 is 5.54 Å². The summed E-state index contributed by atoms with van der Waals surface area (Å²) >= 11 is 0. The Hall–Kier alpha value is -1.00. The number of nitrogens with two attached hydrogens (primary N) is 1. The fraction of sp³-hybridized carbons (Fsp3) is 0.556. The highest BCUT2D eigenvalue weighted by Crippen LogP contribution is 2.32. The van der Waals surface area contributed by atoms with Crippen molar-refractivity contribution in [1.82, 2.24) is 0 Å². The maximum absolute atomic E-state index is 8.82. The maximum atomic E-state index is 8.82. The first-order chi connectivity index (χ1) is 6.23. The molecule has 2 rings (SSSR count). The molecule has 13 heavy (non-hydrogen) atoms. The summed E-state index contributed by atoms with van der Waals surface area (Å²) in [6, 6.07) is 0. The summed E-state index contributed by atoms with van der Waals surface area (Å²) in [5, 5.41) is 8.82. The summed E-state index contributed by atoms with van der Waals surface area (Å²) in [6.07, 6.45) is 4.85. The van der Waals surface area contributed by atoms with Gasteiger partial charge in [-0.2, -0.15) is 0 Å². The Morgan fingerprint density at radius 2 is 2.38 bits per heavy atom. The number of aliphatic hydroxyl groups is 1. The molecule has 0 aromatic heterocycles. The zero-order chi connectivity index (χ0) is 9.31. The Morgan fingerprint density at radius 3 is 3.15 bits per heavy atom. The van der Waals surface area contributed by atoms with Gasteiger partial charge in [-0.1, -0.05) is 6.08 Å². The van der Waals surface area contributed by atoms with Crippen LogP contribution in [0.3, 0.4) is 0 Å². The predicted octanol–water partition coefficient (Wildman–Crippen LogP) is 0.242. The van der Waals surface area contributed by atoms with Crippen LogP contribution in [0.15, 0.2) is 23.7 Å². The summed E-state index contributed by atoms with van der Waals surface area (Å²) in [6.45, 7) is 0.370.